The second kappa shape index (κ2) is 11.0. The number of nitrogens with one attached hydrogen (secondary N) is 2. The Balaban J connectivity index is 1.64. The standard InChI is InChI=1S/C20H28N2O4/c1-2-4-18-16-20-19(15-17(18)3-1)25-11-7-21-5-9-23-13-14-24-10-6-22-8-12-26-20/h1-4,15-16,21-22H,5-14H2. The minimum atomic E-state index is 0.579. The van der Waals surface area contributed by atoms with Gasteiger partial charge in [-0.3, -0.25) is 0 Å². The quantitative estimate of drug-likeness (QED) is 0.747. The molecule has 0 radical (unpaired) electrons. The lowest BCUT2D eigenvalue weighted by molar-refractivity contribution is 0.0495. The zero-order chi connectivity index (χ0) is 17.9. The highest BCUT2D eigenvalue weighted by atomic mass is 16.5. The van der Waals surface area contributed by atoms with Crippen molar-refractivity contribution in [1.29, 1.82) is 0 Å². The molecule has 2 aromatic carbocycles. The van der Waals surface area contributed by atoms with Gasteiger partial charge in [-0.15, -0.1) is 0 Å². The third kappa shape index (κ3) is 6.14. The molecular weight excluding hydrogens is 332 g/mol. The predicted octanol–water partition coefficient (Wildman–Crippen LogP) is 1.82. The van der Waals surface area contributed by atoms with Crippen LogP contribution in [0.3, 0.4) is 0 Å². The molecule has 0 unspecified atom stereocenters. The topological polar surface area (TPSA) is 61.0 Å². The van der Waals surface area contributed by atoms with Gasteiger partial charge >= 0.3 is 0 Å². The largest absolute Gasteiger partial charge is 0.488 e. The van der Waals surface area contributed by atoms with Crippen LogP contribution in [0.5, 0.6) is 11.5 Å². The average Bonchev–Trinajstić information content (AvgIpc) is 2.67. The van der Waals surface area contributed by atoms with Crippen molar-refractivity contribution < 1.29 is 18.9 Å². The summed E-state index contributed by atoms with van der Waals surface area (Å²) in [7, 11) is 0. The van der Waals surface area contributed by atoms with E-state index in [2.05, 4.69) is 22.8 Å². The van der Waals surface area contributed by atoms with Crippen molar-refractivity contribution in [3.05, 3.63) is 36.4 Å². The first kappa shape index (κ1) is 18.9. The summed E-state index contributed by atoms with van der Waals surface area (Å²) in [5.41, 5.74) is 0. The van der Waals surface area contributed by atoms with E-state index in [1.807, 2.05) is 24.3 Å². The van der Waals surface area contributed by atoms with Gasteiger partial charge < -0.3 is 29.6 Å². The molecule has 3 rings (SSSR count). The lowest BCUT2D eigenvalue weighted by atomic mass is 10.1. The van der Waals surface area contributed by atoms with E-state index in [4.69, 9.17) is 18.9 Å². The summed E-state index contributed by atoms with van der Waals surface area (Å²) in [5.74, 6) is 1.57. The minimum Gasteiger partial charge on any atom is -0.488 e. The van der Waals surface area contributed by atoms with E-state index in [1.54, 1.807) is 0 Å². The molecule has 0 aromatic heterocycles. The van der Waals surface area contributed by atoms with E-state index in [9.17, 15) is 0 Å². The second-order valence-corrected chi connectivity index (χ2v) is 6.07. The van der Waals surface area contributed by atoms with Gasteiger partial charge in [0.25, 0.3) is 0 Å². The minimum absolute atomic E-state index is 0.579. The zero-order valence-corrected chi connectivity index (χ0v) is 15.2. The number of hydrogen-bond acceptors (Lipinski definition) is 6. The maximum Gasteiger partial charge on any atom is 0.161 e. The summed E-state index contributed by atoms with van der Waals surface area (Å²) < 4.78 is 23.0. The molecule has 0 saturated heterocycles. The summed E-state index contributed by atoms with van der Waals surface area (Å²) in [6.07, 6.45) is 0. The van der Waals surface area contributed by atoms with Crippen LogP contribution in [0.15, 0.2) is 36.4 Å². The van der Waals surface area contributed by atoms with Crippen LogP contribution < -0.4 is 20.1 Å². The zero-order valence-electron chi connectivity index (χ0n) is 15.2. The Morgan fingerprint density at radius 1 is 0.577 bits per heavy atom. The van der Waals surface area contributed by atoms with Crippen LogP contribution in [0.2, 0.25) is 0 Å². The molecule has 6 nitrogen and oxygen atoms in total. The summed E-state index contributed by atoms with van der Waals surface area (Å²) in [6, 6.07) is 12.3. The number of rotatable bonds is 0. The predicted molar refractivity (Wildman–Crippen MR) is 102 cm³/mol. The lowest BCUT2D eigenvalue weighted by Gasteiger charge is -2.15. The Bertz CT molecular complexity index is 609. The Morgan fingerprint density at radius 3 is 1.54 bits per heavy atom. The Morgan fingerprint density at radius 2 is 1.04 bits per heavy atom. The molecule has 0 aliphatic carbocycles. The van der Waals surface area contributed by atoms with Crippen molar-refractivity contribution in [2.75, 3.05) is 65.8 Å². The van der Waals surface area contributed by atoms with Crippen molar-refractivity contribution in [3.63, 3.8) is 0 Å². The van der Waals surface area contributed by atoms with E-state index in [0.29, 0.717) is 39.6 Å². The van der Waals surface area contributed by atoms with E-state index in [1.165, 1.54) is 0 Å². The fraction of sp³-hybridized carbons (Fsp3) is 0.500. The number of ether oxygens (including phenoxy) is 4. The first-order chi connectivity index (χ1) is 12.9. The van der Waals surface area contributed by atoms with Gasteiger partial charge in [0.1, 0.15) is 13.2 Å². The molecule has 1 aliphatic heterocycles. The van der Waals surface area contributed by atoms with Crippen LogP contribution in [0.1, 0.15) is 0 Å². The molecule has 142 valence electrons. The van der Waals surface area contributed by atoms with Gasteiger partial charge in [0, 0.05) is 26.2 Å². The molecule has 0 spiro atoms. The van der Waals surface area contributed by atoms with Crippen LogP contribution in [-0.4, -0.2) is 65.8 Å². The normalized spacial score (nSPS) is 18.8. The molecule has 0 amide bonds. The highest BCUT2D eigenvalue weighted by Crippen LogP contribution is 2.32. The fourth-order valence-corrected chi connectivity index (χ4v) is 2.75. The molecule has 2 N–H and O–H groups in total. The Kier molecular flexibility index (Phi) is 7.99. The lowest BCUT2D eigenvalue weighted by Crippen LogP contribution is -2.27. The van der Waals surface area contributed by atoms with Crippen LogP contribution in [-0.2, 0) is 9.47 Å². The molecule has 26 heavy (non-hydrogen) atoms. The summed E-state index contributed by atoms with van der Waals surface area (Å²) in [6.45, 7) is 6.87. The third-order valence-corrected chi connectivity index (χ3v) is 4.10. The van der Waals surface area contributed by atoms with Gasteiger partial charge in [-0.05, 0) is 22.9 Å². The fourth-order valence-electron chi connectivity index (χ4n) is 2.75. The summed E-state index contributed by atoms with van der Waals surface area (Å²) in [4.78, 5) is 0. The smallest absolute Gasteiger partial charge is 0.161 e. The van der Waals surface area contributed by atoms with E-state index >= 15 is 0 Å². The SMILES string of the molecule is c1ccc2cc3c(cc2c1)OCCNCCOCCOCCNCCO3. The maximum absolute atomic E-state index is 5.97. The van der Waals surface area contributed by atoms with Crippen molar-refractivity contribution in [2.24, 2.45) is 0 Å². The molecule has 1 aliphatic rings. The number of fused-ring (bicyclic) bond motifs is 2. The van der Waals surface area contributed by atoms with Crippen LogP contribution in [0.25, 0.3) is 10.8 Å². The average molecular weight is 360 g/mol. The molecule has 0 saturated carbocycles. The first-order valence-corrected chi connectivity index (χ1v) is 9.29. The van der Waals surface area contributed by atoms with Crippen molar-refractivity contribution in [3.8, 4) is 11.5 Å². The monoisotopic (exact) mass is 360 g/mol. The van der Waals surface area contributed by atoms with Crippen LogP contribution >= 0.6 is 0 Å². The molecule has 0 fully saturated rings. The van der Waals surface area contributed by atoms with E-state index in [-0.39, 0.29) is 0 Å². The van der Waals surface area contributed by atoms with Gasteiger partial charge in [-0.1, -0.05) is 24.3 Å². The van der Waals surface area contributed by atoms with Crippen LogP contribution in [0.4, 0.5) is 0 Å². The van der Waals surface area contributed by atoms with Gasteiger partial charge in [-0.25, -0.2) is 0 Å². The highest BCUT2D eigenvalue weighted by molar-refractivity contribution is 5.86. The van der Waals surface area contributed by atoms with Gasteiger partial charge in [0.2, 0.25) is 0 Å². The molecule has 2 aromatic rings. The molecular formula is C20H28N2O4. The molecule has 6 heteroatoms. The summed E-state index contributed by atoms with van der Waals surface area (Å²) >= 11 is 0. The number of benzene rings is 2. The van der Waals surface area contributed by atoms with Gasteiger partial charge in [0.15, 0.2) is 11.5 Å². The van der Waals surface area contributed by atoms with E-state index < -0.39 is 0 Å². The molecule has 0 atom stereocenters. The van der Waals surface area contributed by atoms with Crippen molar-refractivity contribution in [1.82, 2.24) is 10.6 Å². The highest BCUT2D eigenvalue weighted by Gasteiger charge is 2.08. The second-order valence-electron chi connectivity index (χ2n) is 6.07. The van der Waals surface area contributed by atoms with Gasteiger partial charge in [-0.2, -0.15) is 0 Å². The van der Waals surface area contributed by atoms with Gasteiger partial charge in [0.05, 0.1) is 26.4 Å². The Labute approximate surface area is 154 Å². The Hall–Kier alpha value is -1.86. The van der Waals surface area contributed by atoms with Crippen LogP contribution in [0, 0.1) is 0 Å². The number of hydrogen-bond donors (Lipinski definition) is 2. The van der Waals surface area contributed by atoms with E-state index in [0.717, 1.165) is 48.5 Å². The molecule has 0 bridgehead atoms. The van der Waals surface area contributed by atoms with Crippen molar-refractivity contribution in [2.45, 2.75) is 0 Å². The first-order valence-electron chi connectivity index (χ1n) is 9.29. The molecule has 1 heterocycles. The van der Waals surface area contributed by atoms with Crippen molar-refractivity contribution >= 4 is 10.8 Å². The third-order valence-electron chi connectivity index (χ3n) is 4.10. The summed E-state index contributed by atoms with van der Waals surface area (Å²) in [5, 5.41) is 8.93. The maximum atomic E-state index is 5.97.